The van der Waals surface area contributed by atoms with E-state index in [2.05, 4.69) is 10.1 Å². The Hall–Kier alpha value is -1.84. The van der Waals surface area contributed by atoms with Crippen molar-refractivity contribution in [1.82, 2.24) is 0 Å². The van der Waals surface area contributed by atoms with E-state index in [1.165, 1.54) is 24.5 Å². The molecule has 0 unspecified atom stereocenters. The highest BCUT2D eigenvalue weighted by molar-refractivity contribution is 5.84. The molecule has 1 aromatic carbocycles. The fourth-order valence-electron chi connectivity index (χ4n) is 0.843. The fraction of sp³-hybridized carbons (Fsp3) is 0.100. The van der Waals surface area contributed by atoms with E-state index in [1.807, 2.05) is 0 Å². The number of hydrogen-bond donors (Lipinski definition) is 1. The number of allylic oxidation sites excluding steroid dienone is 1. The molecule has 14 heavy (non-hydrogen) atoms. The van der Waals surface area contributed by atoms with Gasteiger partial charge in [-0.2, -0.15) is 0 Å². The molecule has 0 spiro atoms. The van der Waals surface area contributed by atoms with E-state index < -0.39 is 11.9 Å². The lowest BCUT2D eigenvalue weighted by molar-refractivity contribution is 0.201. The van der Waals surface area contributed by atoms with E-state index in [-0.39, 0.29) is 0 Å². The predicted octanol–water partition coefficient (Wildman–Crippen LogP) is 2.91. The summed E-state index contributed by atoms with van der Waals surface area (Å²) in [5.74, 6) is -0.408. The molecule has 1 N–H and O–H groups in total. The zero-order valence-corrected chi connectivity index (χ0v) is 7.66. The molecule has 1 amide bonds. The lowest BCUT2D eigenvalue weighted by Gasteiger charge is -2.02. The Kier molecular flexibility index (Phi) is 3.67. The van der Waals surface area contributed by atoms with Crippen molar-refractivity contribution < 1.29 is 13.9 Å². The first-order valence-corrected chi connectivity index (χ1v) is 4.06. The summed E-state index contributed by atoms with van der Waals surface area (Å²) in [6, 6.07) is 5.57. The third kappa shape index (κ3) is 3.26. The van der Waals surface area contributed by atoms with Crippen LogP contribution in [0.4, 0.5) is 14.9 Å². The second kappa shape index (κ2) is 5.01. The van der Waals surface area contributed by atoms with Gasteiger partial charge in [0.25, 0.3) is 0 Å². The molecule has 0 saturated heterocycles. The van der Waals surface area contributed by atoms with Gasteiger partial charge in [0.1, 0.15) is 5.82 Å². The fourth-order valence-corrected chi connectivity index (χ4v) is 0.843. The molecule has 0 saturated carbocycles. The van der Waals surface area contributed by atoms with Gasteiger partial charge in [-0.25, -0.2) is 9.18 Å². The van der Waals surface area contributed by atoms with E-state index in [4.69, 9.17) is 0 Å². The van der Waals surface area contributed by atoms with E-state index in [0.717, 1.165) is 0 Å². The van der Waals surface area contributed by atoms with Gasteiger partial charge in [-0.1, -0.05) is 12.1 Å². The second-order valence-corrected chi connectivity index (χ2v) is 2.51. The standard InChI is InChI=1S/C10H10FNO2/c1-2-6-14-10(13)12-9-5-3-4-8(11)7-9/h2-7H,1H3,(H,12,13)/b6-2+. The Balaban J connectivity index is 2.56. The number of carbonyl (C=O) groups is 1. The minimum atomic E-state index is -0.645. The predicted molar refractivity (Wildman–Crippen MR) is 51.3 cm³/mol. The normalized spacial score (nSPS) is 10.1. The number of carbonyl (C=O) groups excluding carboxylic acids is 1. The van der Waals surface area contributed by atoms with Crippen LogP contribution in [-0.2, 0) is 4.74 Å². The number of rotatable bonds is 2. The van der Waals surface area contributed by atoms with E-state index >= 15 is 0 Å². The number of ether oxygens (including phenoxy) is 1. The molecule has 0 aliphatic carbocycles. The summed E-state index contributed by atoms with van der Waals surface area (Å²) in [5, 5.41) is 2.37. The number of nitrogens with one attached hydrogen (secondary N) is 1. The van der Waals surface area contributed by atoms with Gasteiger partial charge in [0.05, 0.1) is 6.26 Å². The van der Waals surface area contributed by atoms with Crippen molar-refractivity contribution in [3.63, 3.8) is 0 Å². The van der Waals surface area contributed by atoms with Gasteiger partial charge in [-0.05, 0) is 25.1 Å². The van der Waals surface area contributed by atoms with Crippen LogP contribution < -0.4 is 5.32 Å². The number of benzene rings is 1. The van der Waals surface area contributed by atoms with Crippen LogP contribution in [0.15, 0.2) is 36.6 Å². The average molecular weight is 195 g/mol. The second-order valence-electron chi connectivity index (χ2n) is 2.51. The maximum atomic E-state index is 12.7. The van der Waals surface area contributed by atoms with Crippen LogP contribution in [0.3, 0.4) is 0 Å². The van der Waals surface area contributed by atoms with Crippen molar-refractivity contribution >= 4 is 11.8 Å². The Morgan fingerprint density at radius 3 is 3.00 bits per heavy atom. The summed E-state index contributed by atoms with van der Waals surface area (Å²) in [5.41, 5.74) is 0.361. The molecule has 74 valence electrons. The van der Waals surface area contributed by atoms with Gasteiger partial charge in [-0.15, -0.1) is 0 Å². The molecule has 3 nitrogen and oxygen atoms in total. The molecule has 4 heteroatoms. The van der Waals surface area contributed by atoms with Crippen molar-refractivity contribution in [1.29, 1.82) is 0 Å². The first-order valence-electron chi connectivity index (χ1n) is 4.06. The molecule has 0 radical (unpaired) electrons. The SMILES string of the molecule is C/C=C/OC(=O)Nc1cccc(F)c1. The van der Waals surface area contributed by atoms with Crippen LogP contribution in [0.25, 0.3) is 0 Å². The topological polar surface area (TPSA) is 38.3 Å². The van der Waals surface area contributed by atoms with Gasteiger partial charge < -0.3 is 4.74 Å². The Morgan fingerprint density at radius 2 is 2.36 bits per heavy atom. The minimum absolute atomic E-state index is 0.361. The van der Waals surface area contributed by atoms with Gasteiger partial charge >= 0.3 is 6.09 Å². The highest BCUT2D eigenvalue weighted by atomic mass is 19.1. The van der Waals surface area contributed by atoms with Crippen molar-refractivity contribution in [2.45, 2.75) is 6.92 Å². The zero-order valence-electron chi connectivity index (χ0n) is 7.66. The van der Waals surface area contributed by atoms with Crippen LogP contribution in [0.5, 0.6) is 0 Å². The molecule has 0 aromatic heterocycles. The third-order valence-corrected chi connectivity index (χ3v) is 1.38. The molecule has 1 aromatic rings. The Bertz CT molecular complexity index is 350. The quantitative estimate of drug-likeness (QED) is 0.737. The van der Waals surface area contributed by atoms with Gasteiger partial charge in [-0.3, -0.25) is 5.32 Å². The van der Waals surface area contributed by atoms with Crippen molar-refractivity contribution in [2.24, 2.45) is 0 Å². The first kappa shape index (κ1) is 10.2. The van der Waals surface area contributed by atoms with Crippen molar-refractivity contribution in [3.05, 3.63) is 42.4 Å². The lowest BCUT2D eigenvalue weighted by atomic mass is 10.3. The van der Waals surface area contributed by atoms with Crippen LogP contribution in [0.1, 0.15) is 6.92 Å². The highest BCUT2D eigenvalue weighted by Gasteiger charge is 2.01. The monoisotopic (exact) mass is 195 g/mol. The molecular formula is C10H10FNO2. The summed E-state index contributed by atoms with van der Waals surface area (Å²) in [4.78, 5) is 11.0. The molecule has 0 fully saturated rings. The van der Waals surface area contributed by atoms with Crippen LogP contribution in [0, 0.1) is 5.82 Å². The van der Waals surface area contributed by atoms with Crippen LogP contribution in [-0.4, -0.2) is 6.09 Å². The molecule has 0 bridgehead atoms. The van der Waals surface area contributed by atoms with Crippen molar-refractivity contribution in [3.8, 4) is 0 Å². The summed E-state index contributed by atoms with van der Waals surface area (Å²) in [6.07, 6.45) is 2.17. The smallest absolute Gasteiger partial charge is 0.416 e. The largest absolute Gasteiger partial charge is 0.418 e. The van der Waals surface area contributed by atoms with E-state index in [9.17, 15) is 9.18 Å². The molecule has 0 aliphatic rings. The summed E-state index contributed by atoms with van der Waals surface area (Å²) >= 11 is 0. The highest BCUT2D eigenvalue weighted by Crippen LogP contribution is 2.09. The Labute approximate surface area is 81.2 Å². The van der Waals surface area contributed by atoms with Gasteiger partial charge in [0.15, 0.2) is 0 Å². The number of halogens is 1. The molecular weight excluding hydrogens is 185 g/mol. The maximum absolute atomic E-state index is 12.7. The summed E-state index contributed by atoms with van der Waals surface area (Å²) in [6.45, 7) is 1.72. The molecule has 0 aliphatic heterocycles. The molecule has 0 atom stereocenters. The summed E-state index contributed by atoms with van der Waals surface area (Å²) in [7, 11) is 0. The number of hydrogen-bond acceptors (Lipinski definition) is 2. The average Bonchev–Trinajstić information content (AvgIpc) is 2.15. The maximum Gasteiger partial charge on any atom is 0.416 e. The van der Waals surface area contributed by atoms with Gasteiger partial charge in [0.2, 0.25) is 0 Å². The summed E-state index contributed by atoms with van der Waals surface area (Å²) < 4.78 is 17.2. The number of anilines is 1. The molecule has 0 heterocycles. The Morgan fingerprint density at radius 1 is 1.57 bits per heavy atom. The molecule has 1 rings (SSSR count). The van der Waals surface area contributed by atoms with Gasteiger partial charge in [0, 0.05) is 5.69 Å². The first-order chi connectivity index (χ1) is 6.72. The van der Waals surface area contributed by atoms with E-state index in [1.54, 1.807) is 19.1 Å². The van der Waals surface area contributed by atoms with E-state index in [0.29, 0.717) is 5.69 Å². The minimum Gasteiger partial charge on any atom is -0.418 e. The lowest BCUT2D eigenvalue weighted by Crippen LogP contribution is -2.10. The van der Waals surface area contributed by atoms with Crippen LogP contribution >= 0.6 is 0 Å². The zero-order chi connectivity index (χ0) is 10.4. The number of amides is 1. The third-order valence-electron chi connectivity index (χ3n) is 1.38. The van der Waals surface area contributed by atoms with Crippen molar-refractivity contribution in [2.75, 3.05) is 5.32 Å². The van der Waals surface area contributed by atoms with Crippen LogP contribution in [0.2, 0.25) is 0 Å².